The number of hydrogen-bond donors (Lipinski definition) is 1. The molecule has 0 bridgehead atoms. The monoisotopic (exact) mass is 421 g/mol. The number of amides is 1. The highest BCUT2D eigenvalue weighted by molar-refractivity contribution is 9.10. The molecule has 3 rings (SSSR count). The smallest absolute Gasteiger partial charge is 0.253 e. The fourth-order valence-electron chi connectivity index (χ4n) is 2.90. The molecule has 0 aromatic heterocycles. The molecule has 0 radical (unpaired) electrons. The molecule has 0 spiro atoms. The highest BCUT2D eigenvalue weighted by Crippen LogP contribution is 2.34. The number of nitrogens with one attached hydrogen (secondary N) is 1. The Kier molecular flexibility index (Phi) is 5.81. The molecular weight excluding hydrogens is 401 g/mol. The van der Waals surface area contributed by atoms with Gasteiger partial charge in [0, 0.05) is 10.9 Å². The fraction of sp³-hybridized carbons (Fsp3) is 0.350. The highest BCUT2D eigenvalue weighted by atomic mass is 79.9. The van der Waals surface area contributed by atoms with E-state index in [-0.39, 0.29) is 23.4 Å². The summed E-state index contributed by atoms with van der Waals surface area (Å²) >= 11 is 3.31. The van der Waals surface area contributed by atoms with Gasteiger partial charge in [-0.05, 0) is 57.7 Å². The normalized spacial score (nSPS) is 14.7. The summed E-state index contributed by atoms with van der Waals surface area (Å²) in [7, 11) is 0. The summed E-state index contributed by atoms with van der Waals surface area (Å²) < 4.78 is 25.5. The largest absolute Gasteiger partial charge is 0.490 e. The van der Waals surface area contributed by atoms with Crippen molar-refractivity contribution in [3.05, 3.63) is 57.8 Å². The van der Waals surface area contributed by atoms with Crippen LogP contribution in [-0.2, 0) is 0 Å². The Hall–Kier alpha value is -2.08. The van der Waals surface area contributed by atoms with E-state index in [0.717, 1.165) is 12.0 Å². The van der Waals surface area contributed by atoms with Crippen molar-refractivity contribution in [3.8, 4) is 11.5 Å². The maximum absolute atomic E-state index is 13.5. The summed E-state index contributed by atoms with van der Waals surface area (Å²) in [6.45, 7) is 5.28. The van der Waals surface area contributed by atoms with Gasteiger partial charge >= 0.3 is 0 Å². The van der Waals surface area contributed by atoms with E-state index in [1.165, 1.54) is 18.2 Å². The summed E-state index contributed by atoms with van der Waals surface area (Å²) in [5.74, 6) is 0.757. The molecule has 0 saturated carbocycles. The van der Waals surface area contributed by atoms with Crippen LogP contribution in [0.4, 0.5) is 4.39 Å². The molecule has 1 aliphatic heterocycles. The lowest BCUT2D eigenvalue weighted by atomic mass is 9.95. The Bertz CT molecular complexity index is 810. The predicted molar refractivity (Wildman–Crippen MR) is 101 cm³/mol. The first-order valence-electron chi connectivity index (χ1n) is 8.61. The third-order valence-electron chi connectivity index (χ3n) is 4.26. The summed E-state index contributed by atoms with van der Waals surface area (Å²) in [6, 6.07) is 9.54. The number of ether oxygens (including phenoxy) is 2. The van der Waals surface area contributed by atoms with Gasteiger partial charge in [0.05, 0.1) is 24.8 Å². The molecule has 0 aliphatic carbocycles. The Morgan fingerprint density at radius 2 is 1.85 bits per heavy atom. The lowest BCUT2D eigenvalue weighted by molar-refractivity contribution is 0.0924. The van der Waals surface area contributed by atoms with Crippen LogP contribution in [0.1, 0.15) is 42.2 Å². The van der Waals surface area contributed by atoms with Crippen LogP contribution in [0.2, 0.25) is 0 Å². The van der Waals surface area contributed by atoms with E-state index in [9.17, 15) is 9.18 Å². The number of rotatable bonds is 4. The van der Waals surface area contributed by atoms with Crippen LogP contribution >= 0.6 is 15.9 Å². The summed E-state index contributed by atoms with van der Waals surface area (Å²) in [5, 5.41) is 3.01. The molecule has 1 amide bonds. The van der Waals surface area contributed by atoms with Gasteiger partial charge in [-0.25, -0.2) is 4.39 Å². The van der Waals surface area contributed by atoms with Crippen LogP contribution in [0.25, 0.3) is 0 Å². The van der Waals surface area contributed by atoms with Crippen molar-refractivity contribution in [1.29, 1.82) is 0 Å². The van der Waals surface area contributed by atoms with Crippen molar-refractivity contribution in [2.24, 2.45) is 5.92 Å². The van der Waals surface area contributed by atoms with Crippen LogP contribution in [0.15, 0.2) is 40.9 Å². The van der Waals surface area contributed by atoms with E-state index in [1.807, 2.05) is 32.0 Å². The zero-order valence-corrected chi connectivity index (χ0v) is 16.3. The molecule has 1 aliphatic rings. The minimum atomic E-state index is -0.449. The first-order chi connectivity index (χ1) is 12.5. The van der Waals surface area contributed by atoms with Crippen molar-refractivity contribution in [1.82, 2.24) is 5.32 Å². The molecule has 2 aromatic rings. The van der Waals surface area contributed by atoms with Crippen molar-refractivity contribution in [2.45, 2.75) is 26.3 Å². The number of carbonyl (C=O) groups excluding carboxylic acids is 1. The lowest BCUT2D eigenvalue weighted by Crippen LogP contribution is -2.32. The first kappa shape index (κ1) is 18.7. The standard InChI is InChI=1S/C20H21BrFNO3/c1-12(2)19(23-20(24)15-11-14(22)5-6-16(15)21)13-4-7-17-18(10-13)26-9-3-8-25-17/h4-7,10-12,19H,3,8-9H2,1-2H3,(H,23,24)/t19-/m0/s1. The lowest BCUT2D eigenvalue weighted by Gasteiger charge is -2.24. The quantitative estimate of drug-likeness (QED) is 0.765. The molecule has 4 nitrogen and oxygen atoms in total. The van der Waals surface area contributed by atoms with Gasteiger partial charge in [-0.2, -0.15) is 0 Å². The van der Waals surface area contributed by atoms with E-state index in [1.54, 1.807) is 0 Å². The Morgan fingerprint density at radius 1 is 1.12 bits per heavy atom. The van der Waals surface area contributed by atoms with Crippen molar-refractivity contribution in [2.75, 3.05) is 13.2 Å². The Balaban J connectivity index is 1.87. The van der Waals surface area contributed by atoms with E-state index < -0.39 is 5.82 Å². The average Bonchev–Trinajstić information content (AvgIpc) is 2.86. The average molecular weight is 422 g/mol. The van der Waals surface area contributed by atoms with Crippen LogP contribution in [0, 0.1) is 11.7 Å². The van der Waals surface area contributed by atoms with Gasteiger partial charge in [-0.1, -0.05) is 19.9 Å². The van der Waals surface area contributed by atoms with Crippen molar-refractivity contribution in [3.63, 3.8) is 0 Å². The number of halogens is 2. The number of benzene rings is 2. The number of carbonyl (C=O) groups is 1. The molecule has 0 saturated heterocycles. The van der Waals surface area contributed by atoms with Crippen molar-refractivity contribution >= 4 is 21.8 Å². The van der Waals surface area contributed by atoms with E-state index in [0.29, 0.717) is 29.2 Å². The van der Waals surface area contributed by atoms with E-state index in [2.05, 4.69) is 21.2 Å². The molecule has 1 N–H and O–H groups in total. The molecular formula is C20H21BrFNO3. The van der Waals surface area contributed by atoms with Crippen LogP contribution in [-0.4, -0.2) is 19.1 Å². The minimum absolute atomic E-state index is 0.135. The maximum atomic E-state index is 13.5. The topological polar surface area (TPSA) is 47.6 Å². The zero-order chi connectivity index (χ0) is 18.7. The number of hydrogen-bond acceptors (Lipinski definition) is 3. The highest BCUT2D eigenvalue weighted by Gasteiger charge is 2.22. The SMILES string of the molecule is CC(C)[C@H](NC(=O)c1cc(F)ccc1Br)c1ccc2c(c1)OCCCO2. The summed E-state index contributed by atoms with van der Waals surface area (Å²) in [6.07, 6.45) is 0.835. The van der Waals surface area contributed by atoms with Gasteiger partial charge in [0.1, 0.15) is 5.82 Å². The van der Waals surface area contributed by atoms with Gasteiger partial charge in [0.15, 0.2) is 11.5 Å². The molecule has 2 aromatic carbocycles. The third-order valence-corrected chi connectivity index (χ3v) is 4.95. The van der Waals surface area contributed by atoms with Crippen LogP contribution in [0.3, 0.4) is 0 Å². The van der Waals surface area contributed by atoms with Gasteiger partial charge < -0.3 is 14.8 Å². The fourth-order valence-corrected chi connectivity index (χ4v) is 3.33. The van der Waals surface area contributed by atoms with E-state index in [4.69, 9.17) is 9.47 Å². The first-order valence-corrected chi connectivity index (χ1v) is 9.40. The molecule has 6 heteroatoms. The Labute approximate surface area is 160 Å². The second kappa shape index (κ2) is 8.08. The second-order valence-electron chi connectivity index (χ2n) is 6.58. The van der Waals surface area contributed by atoms with Crippen LogP contribution in [0.5, 0.6) is 11.5 Å². The van der Waals surface area contributed by atoms with Gasteiger partial charge in [0.2, 0.25) is 0 Å². The summed E-state index contributed by atoms with van der Waals surface area (Å²) in [4.78, 5) is 12.7. The second-order valence-corrected chi connectivity index (χ2v) is 7.43. The Morgan fingerprint density at radius 3 is 2.58 bits per heavy atom. The van der Waals surface area contributed by atoms with Gasteiger partial charge in [-0.3, -0.25) is 4.79 Å². The molecule has 26 heavy (non-hydrogen) atoms. The maximum Gasteiger partial charge on any atom is 0.253 e. The summed E-state index contributed by atoms with van der Waals surface area (Å²) in [5.41, 5.74) is 1.19. The molecule has 1 heterocycles. The zero-order valence-electron chi connectivity index (χ0n) is 14.7. The molecule has 0 unspecified atom stereocenters. The minimum Gasteiger partial charge on any atom is -0.490 e. The van der Waals surface area contributed by atoms with Gasteiger partial charge in [-0.15, -0.1) is 0 Å². The van der Waals surface area contributed by atoms with Gasteiger partial charge in [0.25, 0.3) is 5.91 Å². The molecule has 0 fully saturated rings. The predicted octanol–water partition coefficient (Wildman–Crippen LogP) is 4.88. The number of fused-ring (bicyclic) bond motifs is 1. The van der Waals surface area contributed by atoms with Crippen LogP contribution < -0.4 is 14.8 Å². The van der Waals surface area contributed by atoms with Crippen molar-refractivity contribution < 1.29 is 18.7 Å². The molecule has 1 atom stereocenters. The molecule has 138 valence electrons. The van der Waals surface area contributed by atoms with E-state index >= 15 is 0 Å². The third kappa shape index (κ3) is 4.18.